The minimum absolute atomic E-state index is 0.0876. The van der Waals surface area contributed by atoms with E-state index in [9.17, 15) is 14.7 Å². The highest BCUT2D eigenvalue weighted by Crippen LogP contribution is 2.25. The van der Waals surface area contributed by atoms with Crippen molar-refractivity contribution in [1.82, 2.24) is 14.8 Å². The van der Waals surface area contributed by atoms with Gasteiger partial charge in [-0.2, -0.15) is 0 Å². The predicted octanol–water partition coefficient (Wildman–Crippen LogP) is 6.24. The summed E-state index contributed by atoms with van der Waals surface area (Å²) in [7, 11) is 0. The number of unbranched alkanes of at least 4 members (excludes halogenated alkanes) is 3. The van der Waals surface area contributed by atoms with Crippen molar-refractivity contribution in [2.45, 2.75) is 52.0 Å². The Labute approximate surface area is 211 Å². The lowest BCUT2D eigenvalue weighted by Crippen LogP contribution is -2.08. The van der Waals surface area contributed by atoms with Gasteiger partial charge in [0.05, 0.1) is 5.56 Å². The first-order chi connectivity index (χ1) is 17.5. The number of carboxylic acid groups (broad SMARTS) is 1. The van der Waals surface area contributed by atoms with Gasteiger partial charge in [0, 0.05) is 19.4 Å². The molecule has 0 aliphatic carbocycles. The van der Waals surface area contributed by atoms with Gasteiger partial charge in [-0.25, -0.2) is 14.5 Å². The van der Waals surface area contributed by atoms with Crippen LogP contribution in [0.4, 0.5) is 0 Å². The standard InChI is InChI=1S/C30H31N3O3/c1-2-3-4-10-19-33-28(31-29(32-33)27(34)20-22-11-6-5-7-12-22)21-23-15-17-24(18-16-23)25-13-8-9-14-26(25)30(35)36/h5-9,11-18H,2-4,10,19-21H2,1H3,(H,35,36). The number of benzene rings is 3. The Hall–Kier alpha value is -4.06. The van der Waals surface area contributed by atoms with Crippen molar-refractivity contribution < 1.29 is 14.7 Å². The number of ketones is 1. The maximum Gasteiger partial charge on any atom is 0.336 e. The first-order valence-electron chi connectivity index (χ1n) is 12.5. The van der Waals surface area contributed by atoms with Crippen molar-refractivity contribution in [3.05, 3.63) is 107 Å². The van der Waals surface area contributed by atoms with Crippen LogP contribution in [0.3, 0.4) is 0 Å². The van der Waals surface area contributed by atoms with Crippen LogP contribution in [0.1, 0.15) is 70.5 Å². The molecule has 0 saturated carbocycles. The van der Waals surface area contributed by atoms with Crippen LogP contribution < -0.4 is 0 Å². The summed E-state index contributed by atoms with van der Waals surface area (Å²) >= 11 is 0. The first-order valence-corrected chi connectivity index (χ1v) is 12.5. The molecule has 3 aromatic carbocycles. The van der Waals surface area contributed by atoms with Crippen LogP contribution >= 0.6 is 0 Å². The molecular weight excluding hydrogens is 450 g/mol. The lowest BCUT2D eigenvalue weighted by Gasteiger charge is -2.08. The summed E-state index contributed by atoms with van der Waals surface area (Å²) in [6.45, 7) is 2.91. The fraction of sp³-hybridized carbons (Fsp3) is 0.267. The zero-order chi connectivity index (χ0) is 25.3. The molecule has 0 atom stereocenters. The highest BCUT2D eigenvalue weighted by Gasteiger charge is 2.17. The number of aromatic nitrogens is 3. The minimum atomic E-state index is -0.946. The molecule has 0 saturated heterocycles. The van der Waals surface area contributed by atoms with Crippen LogP contribution in [0.15, 0.2) is 78.9 Å². The molecule has 0 radical (unpaired) electrons. The molecule has 0 amide bonds. The number of hydrogen-bond acceptors (Lipinski definition) is 4. The molecule has 6 heteroatoms. The van der Waals surface area contributed by atoms with Gasteiger partial charge in [0.15, 0.2) is 0 Å². The van der Waals surface area contributed by atoms with Gasteiger partial charge >= 0.3 is 5.97 Å². The van der Waals surface area contributed by atoms with Gasteiger partial charge in [-0.3, -0.25) is 4.79 Å². The molecule has 6 nitrogen and oxygen atoms in total. The number of hydrogen-bond donors (Lipinski definition) is 1. The molecule has 0 bridgehead atoms. The van der Waals surface area contributed by atoms with Crippen molar-refractivity contribution in [2.75, 3.05) is 0 Å². The van der Waals surface area contributed by atoms with Gasteiger partial charge in [-0.05, 0) is 34.7 Å². The van der Waals surface area contributed by atoms with Crippen LogP contribution in [-0.2, 0) is 19.4 Å². The molecule has 184 valence electrons. The Morgan fingerprint density at radius 3 is 2.28 bits per heavy atom. The van der Waals surface area contributed by atoms with Crippen molar-refractivity contribution in [3.8, 4) is 11.1 Å². The molecule has 4 rings (SSSR count). The summed E-state index contributed by atoms with van der Waals surface area (Å²) in [5.74, 6) is -0.00752. The van der Waals surface area contributed by atoms with Gasteiger partial charge in [-0.1, -0.05) is 99.0 Å². The predicted molar refractivity (Wildman–Crippen MR) is 140 cm³/mol. The summed E-state index contributed by atoms with van der Waals surface area (Å²) in [6, 6.07) is 24.5. The van der Waals surface area contributed by atoms with Gasteiger partial charge in [0.25, 0.3) is 0 Å². The highest BCUT2D eigenvalue weighted by atomic mass is 16.4. The molecule has 0 aliphatic rings. The van der Waals surface area contributed by atoms with Crippen LogP contribution in [0.2, 0.25) is 0 Å². The summed E-state index contributed by atoms with van der Waals surface area (Å²) < 4.78 is 1.88. The molecular formula is C30H31N3O3. The average molecular weight is 482 g/mol. The second-order valence-electron chi connectivity index (χ2n) is 8.95. The van der Waals surface area contributed by atoms with Gasteiger partial charge in [0.1, 0.15) is 5.82 Å². The Kier molecular flexibility index (Phi) is 8.40. The number of carbonyl (C=O) groups is 2. The molecule has 0 aliphatic heterocycles. The van der Waals surface area contributed by atoms with E-state index in [1.54, 1.807) is 12.1 Å². The van der Waals surface area contributed by atoms with Gasteiger partial charge in [0.2, 0.25) is 11.6 Å². The molecule has 4 aromatic rings. The van der Waals surface area contributed by atoms with E-state index >= 15 is 0 Å². The SMILES string of the molecule is CCCCCCn1nc(C(=O)Cc2ccccc2)nc1Cc1ccc(-c2ccccc2C(=O)O)cc1. The fourth-order valence-corrected chi connectivity index (χ4v) is 4.26. The number of carboxylic acids is 1. The molecule has 0 spiro atoms. The van der Waals surface area contributed by atoms with E-state index in [2.05, 4.69) is 17.0 Å². The number of rotatable bonds is 12. The highest BCUT2D eigenvalue weighted by molar-refractivity contribution is 5.96. The number of Topliss-reactive ketones (excluding diaryl/α,β-unsaturated/α-hetero) is 1. The average Bonchev–Trinajstić information content (AvgIpc) is 3.30. The normalized spacial score (nSPS) is 10.9. The number of aryl methyl sites for hydroxylation is 1. The van der Waals surface area contributed by atoms with Crippen molar-refractivity contribution in [3.63, 3.8) is 0 Å². The summed E-state index contributed by atoms with van der Waals surface area (Å²) in [4.78, 5) is 29.1. The van der Waals surface area contributed by atoms with Crippen molar-refractivity contribution in [2.24, 2.45) is 0 Å². The largest absolute Gasteiger partial charge is 0.478 e. The Morgan fingerprint density at radius 2 is 1.56 bits per heavy atom. The van der Waals surface area contributed by atoms with Crippen molar-refractivity contribution >= 4 is 11.8 Å². The van der Waals surface area contributed by atoms with E-state index in [1.807, 2.05) is 71.4 Å². The van der Waals surface area contributed by atoms with Crippen LogP contribution in [-0.4, -0.2) is 31.6 Å². The molecule has 0 fully saturated rings. The third-order valence-corrected chi connectivity index (χ3v) is 6.21. The number of aromatic carboxylic acids is 1. The van der Waals surface area contributed by atoms with E-state index in [0.29, 0.717) is 12.0 Å². The molecule has 36 heavy (non-hydrogen) atoms. The van der Waals surface area contributed by atoms with Gasteiger partial charge < -0.3 is 5.11 Å². The number of nitrogens with zero attached hydrogens (tertiary/aromatic N) is 3. The Morgan fingerprint density at radius 1 is 0.833 bits per heavy atom. The molecule has 1 aromatic heterocycles. The fourth-order valence-electron chi connectivity index (χ4n) is 4.26. The van der Waals surface area contributed by atoms with E-state index < -0.39 is 5.97 Å². The lowest BCUT2D eigenvalue weighted by molar-refractivity contribution is 0.0697. The Bertz CT molecular complexity index is 1310. The summed E-state index contributed by atoms with van der Waals surface area (Å²) in [5, 5.41) is 14.1. The minimum Gasteiger partial charge on any atom is -0.478 e. The lowest BCUT2D eigenvalue weighted by atomic mass is 9.98. The smallest absolute Gasteiger partial charge is 0.336 e. The molecule has 1 heterocycles. The zero-order valence-electron chi connectivity index (χ0n) is 20.6. The topological polar surface area (TPSA) is 85.1 Å². The quantitative estimate of drug-likeness (QED) is 0.191. The van der Waals surface area contributed by atoms with Gasteiger partial charge in [-0.15, -0.1) is 5.10 Å². The molecule has 0 unspecified atom stereocenters. The van der Waals surface area contributed by atoms with E-state index in [1.165, 1.54) is 6.42 Å². The van der Waals surface area contributed by atoms with E-state index in [-0.39, 0.29) is 23.6 Å². The Balaban J connectivity index is 1.54. The maximum absolute atomic E-state index is 12.9. The van der Waals surface area contributed by atoms with Crippen molar-refractivity contribution in [1.29, 1.82) is 0 Å². The second-order valence-corrected chi connectivity index (χ2v) is 8.95. The zero-order valence-corrected chi connectivity index (χ0v) is 20.6. The van der Waals surface area contributed by atoms with Crippen LogP contribution in [0.25, 0.3) is 11.1 Å². The van der Waals surface area contributed by atoms with Crippen LogP contribution in [0.5, 0.6) is 0 Å². The summed E-state index contributed by atoms with van der Waals surface area (Å²) in [5.41, 5.74) is 3.77. The maximum atomic E-state index is 12.9. The first kappa shape index (κ1) is 25.0. The summed E-state index contributed by atoms with van der Waals surface area (Å²) in [6.07, 6.45) is 5.24. The van der Waals surface area contributed by atoms with Crippen LogP contribution in [0, 0.1) is 0 Å². The van der Waals surface area contributed by atoms with E-state index in [0.717, 1.165) is 48.3 Å². The monoisotopic (exact) mass is 481 g/mol. The second kappa shape index (κ2) is 12.1. The number of carbonyl (C=O) groups excluding carboxylic acids is 1. The third kappa shape index (κ3) is 6.33. The van der Waals surface area contributed by atoms with E-state index in [4.69, 9.17) is 0 Å². The molecule has 1 N–H and O–H groups in total. The third-order valence-electron chi connectivity index (χ3n) is 6.21.